The summed E-state index contributed by atoms with van der Waals surface area (Å²) < 4.78 is 20.0. The first kappa shape index (κ1) is 27.1. The van der Waals surface area contributed by atoms with Crippen LogP contribution in [-0.2, 0) is 20.7 Å². The van der Waals surface area contributed by atoms with Crippen LogP contribution in [0.15, 0.2) is 66.7 Å². The first-order chi connectivity index (χ1) is 17.7. The number of aryl methyl sites for hydroxylation is 1. The average Bonchev–Trinajstić information content (AvgIpc) is 2.86. The lowest BCUT2D eigenvalue weighted by atomic mass is 9.87. The van der Waals surface area contributed by atoms with E-state index in [0.717, 1.165) is 11.1 Å². The Morgan fingerprint density at radius 3 is 2.30 bits per heavy atom. The zero-order chi connectivity index (χ0) is 26.7. The Kier molecular flexibility index (Phi) is 8.53. The topological polar surface area (TPSA) is 66.8 Å². The monoisotopic (exact) mass is 543 g/mol. The Morgan fingerprint density at radius 2 is 1.70 bits per heavy atom. The Labute approximate surface area is 225 Å². The molecule has 3 aromatic rings. The van der Waals surface area contributed by atoms with Crippen LogP contribution in [-0.4, -0.2) is 34.0 Å². The Hall–Kier alpha value is -2.93. The summed E-state index contributed by atoms with van der Waals surface area (Å²) in [7, 11) is 0. The van der Waals surface area contributed by atoms with E-state index in [-0.39, 0.29) is 18.7 Å². The Morgan fingerprint density at radius 1 is 1.05 bits per heavy atom. The van der Waals surface area contributed by atoms with Crippen molar-refractivity contribution < 1.29 is 23.8 Å². The molecule has 1 N–H and O–H groups in total. The largest absolute Gasteiger partial charge is 0.480 e. The third kappa shape index (κ3) is 5.98. The van der Waals surface area contributed by atoms with Crippen LogP contribution in [0.5, 0.6) is 0 Å². The van der Waals surface area contributed by atoms with Crippen LogP contribution >= 0.6 is 23.2 Å². The summed E-state index contributed by atoms with van der Waals surface area (Å²) in [5.74, 6) is -1.89. The van der Waals surface area contributed by atoms with E-state index >= 15 is 0 Å². The van der Waals surface area contributed by atoms with Gasteiger partial charge in [-0.25, -0.2) is 9.18 Å². The lowest BCUT2D eigenvalue weighted by molar-refractivity contribution is -0.184. The van der Waals surface area contributed by atoms with Crippen molar-refractivity contribution in [2.45, 2.75) is 57.4 Å². The molecule has 5 nitrogen and oxygen atoms in total. The van der Waals surface area contributed by atoms with E-state index in [9.17, 15) is 19.1 Å². The highest BCUT2D eigenvalue weighted by Gasteiger charge is 2.48. The normalized spacial score (nSPS) is 20.6. The maximum absolute atomic E-state index is 14.0. The summed E-state index contributed by atoms with van der Waals surface area (Å²) in [5.41, 5.74) is 3.07. The summed E-state index contributed by atoms with van der Waals surface area (Å²) in [6.07, 6.45) is -0.624. The van der Waals surface area contributed by atoms with Gasteiger partial charge in [0, 0.05) is 16.5 Å². The molecule has 4 rings (SSSR count). The molecule has 0 radical (unpaired) electrons. The molecule has 1 fully saturated rings. The van der Waals surface area contributed by atoms with Gasteiger partial charge in [-0.05, 0) is 72.0 Å². The highest BCUT2D eigenvalue weighted by atomic mass is 35.5. The predicted octanol–water partition coefficient (Wildman–Crippen LogP) is 6.95. The van der Waals surface area contributed by atoms with Gasteiger partial charge < -0.3 is 14.7 Å². The average molecular weight is 544 g/mol. The maximum atomic E-state index is 14.0. The lowest BCUT2D eigenvalue weighted by Gasteiger charge is -2.47. The molecular formula is C29H28Cl2FNO4. The zero-order valence-electron chi connectivity index (χ0n) is 20.5. The van der Waals surface area contributed by atoms with E-state index < -0.39 is 36.2 Å². The van der Waals surface area contributed by atoms with E-state index in [2.05, 4.69) is 0 Å². The van der Waals surface area contributed by atoms with E-state index in [1.165, 1.54) is 17.0 Å². The Bertz CT molecular complexity index is 1270. The van der Waals surface area contributed by atoms with Gasteiger partial charge in [-0.3, -0.25) is 4.79 Å². The molecule has 3 aromatic carbocycles. The molecule has 1 heterocycles. The van der Waals surface area contributed by atoms with Crippen LogP contribution in [0.1, 0.15) is 54.2 Å². The molecule has 0 saturated carbocycles. The van der Waals surface area contributed by atoms with Gasteiger partial charge in [-0.15, -0.1) is 0 Å². The number of carbonyl (C=O) groups is 2. The van der Waals surface area contributed by atoms with Crippen molar-refractivity contribution in [1.82, 2.24) is 4.90 Å². The van der Waals surface area contributed by atoms with Crippen LogP contribution in [0.3, 0.4) is 0 Å². The minimum atomic E-state index is -1.08. The second-order valence-electron chi connectivity index (χ2n) is 9.26. The number of benzene rings is 3. The molecule has 8 heteroatoms. The third-order valence-electron chi connectivity index (χ3n) is 6.69. The molecule has 0 aliphatic carbocycles. The molecule has 1 saturated heterocycles. The zero-order valence-corrected chi connectivity index (χ0v) is 22.0. The van der Waals surface area contributed by atoms with Crippen LogP contribution in [0.4, 0.5) is 4.39 Å². The summed E-state index contributed by atoms with van der Waals surface area (Å²) in [6, 6.07) is 16.5. The number of halogens is 3. The third-order valence-corrected chi connectivity index (χ3v) is 7.18. The minimum Gasteiger partial charge on any atom is -0.480 e. The van der Waals surface area contributed by atoms with E-state index in [1.54, 1.807) is 42.5 Å². The van der Waals surface area contributed by atoms with E-state index in [4.69, 9.17) is 27.9 Å². The summed E-state index contributed by atoms with van der Waals surface area (Å²) in [6.45, 7) is 3.79. The number of hydrogen-bond acceptors (Lipinski definition) is 3. The number of ether oxygens (including phenoxy) is 1. The van der Waals surface area contributed by atoms with Gasteiger partial charge in [0.15, 0.2) is 0 Å². The standard InChI is InChI=1S/C29H28Cl2FNO4/c1-3-4-24(29(35)36)33-26(19-7-9-20(30)10-8-19)27(23-14-11-21(31)15-17(23)2)37-25(28(33)34)16-18-5-12-22(32)13-6-18/h5-15,24-27H,3-4,16H2,1-2H3,(H,35,36)/t24?,25-,26+,27-/m1/s1. The van der Waals surface area contributed by atoms with Crippen LogP contribution in [0.2, 0.25) is 10.0 Å². The molecule has 4 atom stereocenters. The summed E-state index contributed by atoms with van der Waals surface area (Å²) in [4.78, 5) is 28.0. The Balaban J connectivity index is 1.88. The van der Waals surface area contributed by atoms with Crippen LogP contribution in [0.25, 0.3) is 0 Å². The van der Waals surface area contributed by atoms with Crippen molar-refractivity contribution in [3.05, 3.63) is 105 Å². The number of amides is 1. The van der Waals surface area contributed by atoms with E-state index in [1.807, 2.05) is 26.0 Å². The molecule has 1 aliphatic rings. The number of aliphatic carboxylic acids is 1. The van der Waals surface area contributed by atoms with Gasteiger partial charge in [-0.2, -0.15) is 0 Å². The number of rotatable bonds is 8. The second-order valence-corrected chi connectivity index (χ2v) is 10.1. The summed E-state index contributed by atoms with van der Waals surface area (Å²) >= 11 is 12.4. The smallest absolute Gasteiger partial charge is 0.326 e. The molecule has 1 unspecified atom stereocenters. The molecule has 1 aliphatic heterocycles. The van der Waals surface area contributed by atoms with Gasteiger partial charge in [0.05, 0.1) is 6.04 Å². The molecule has 1 amide bonds. The number of carboxylic acid groups (broad SMARTS) is 1. The van der Waals surface area contributed by atoms with Gasteiger partial charge in [0.25, 0.3) is 5.91 Å². The van der Waals surface area contributed by atoms with Crippen molar-refractivity contribution in [3.63, 3.8) is 0 Å². The molecular weight excluding hydrogens is 516 g/mol. The van der Waals surface area contributed by atoms with Crippen LogP contribution < -0.4 is 0 Å². The predicted molar refractivity (Wildman–Crippen MR) is 141 cm³/mol. The fourth-order valence-corrected chi connectivity index (χ4v) is 5.28. The fourth-order valence-electron chi connectivity index (χ4n) is 4.93. The van der Waals surface area contributed by atoms with Gasteiger partial charge in [0.1, 0.15) is 24.1 Å². The highest BCUT2D eigenvalue weighted by molar-refractivity contribution is 6.30. The van der Waals surface area contributed by atoms with Crippen molar-refractivity contribution in [1.29, 1.82) is 0 Å². The van der Waals surface area contributed by atoms with Gasteiger partial charge in [0.2, 0.25) is 0 Å². The molecule has 194 valence electrons. The fraction of sp³-hybridized carbons (Fsp3) is 0.310. The first-order valence-corrected chi connectivity index (χ1v) is 12.9. The van der Waals surface area contributed by atoms with Gasteiger partial charge >= 0.3 is 5.97 Å². The lowest BCUT2D eigenvalue weighted by Crippen LogP contribution is -2.57. The number of carbonyl (C=O) groups excluding carboxylic acids is 1. The van der Waals surface area contributed by atoms with Crippen molar-refractivity contribution in [3.8, 4) is 0 Å². The number of carboxylic acids is 1. The molecule has 0 spiro atoms. The highest BCUT2D eigenvalue weighted by Crippen LogP contribution is 2.45. The molecule has 0 bridgehead atoms. The van der Waals surface area contributed by atoms with Crippen molar-refractivity contribution >= 4 is 35.1 Å². The van der Waals surface area contributed by atoms with Gasteiger partial charge in [-0.1, -0.05) is 66.9 Å². The number of morpholine rings is 1. The van der Waals surface area contributed by atoms with Crippen LogP contribution in [0, 0.1) is 12.7 Å². The molecule has 37 heavy (non-hydrogen) atoms. The number of hydrogen-bond donors (Lipinski definition) is 1. The quantitative estimate of drug-likeness (QED) is 0.334. The SMILES string of the molecule is CCCC(C(=O)O)N1C(=O)[C@@H](Cc2ccc(F)cc2)O[C@H](c2ccc(Cl)cc2C)[C@@H]1c1ccc(Cl)cc1. The van der Waals surface area contributed by atoms with Crippen molar-refractivity contribution in [2.75, 3.05) is 0 Å². The van der Waals surface area contributed by atoms with Crippen molar-refractivity contribution in [2.24, 2.45) is 0 Å². The second kappa shape index (κ2) is 11.6. The first-order valence-electron chi connectivity index (χ1n) is 12.2. The van der Waals surface area contributed by atoms with E-state index in [0.29, 0.717) is 27.6 Å². The maximum Gasteiger partial charge on any atom is 0.326 e. The molecule has 0 aromatic heterocycles. The summed E-state index contributed by atoms with van der Waals surface area (Å²) in [5, 5.41) is 11.3. The minimum absolute atomic E-state index is 0.171. The number of nitrogens with zero attached hydrogens (tertiary/aromatic N) is 1.